The molecule has 0 bridgehead atoms. The number of anilines is 3. The first kappa shape index (κ1) is 33.6. The molecule has 0 unspecified atom stereocenters. The van der Waals surface area contributed by atoms with Crippen LogP contribution in [0.4, 0.5) is 26.2 Å². The van der Waals surface area contributed by atoms with Gasteiger partial charge in [-0.15, -0.1) is 0 Å². The fourth-order valence-corrected chi connectivity index (χ4v) is 5.66. The maximum atomic E-state index is 13.6. The number of carbonyl (C=O) groups excluding carboxylic acids is 2. The first-order chi connectivity index (χ1) is 22.6. The number of ether oxygens (including phenoxy) is 1. The van der Waals surface area contributed by atoms with Gasteiger partial charge in [0.15, 0.2) is 0 Å². The number of hydrogen-bond donors (Lipinski definition) is 3. The van der Waals surface area contributed by atoms with Crippen molar-refractivity contribution >= 4 is 29.0 Å². The Hall–Kier alpha value is -4.73. The Morgan fingerprint density at radius 2 is 1.47 bits per heavy atom. The van der Waals surface area contributed by atoms with E-state index in [-0.39, 0.29) is 17.1 Å². The third kappa shape index (κ3) is 9.64. The Kier molecular flexibility index (Phi) is 10.9. The Morgan fingerprint density at radius 1 is 0.830 bits per heavy atom. The van der Waals surface area contributed by atoms with Gasteiger partial charge in [-0.25, -0.2) is 9.18 Å². The molecule has 4 N–H and O–H groups in total. The summed E-state index contributed by atoms with van der Waals surface area (Å²) in [7, 11) is 0. The Morgan fingerprint density at radius 3 is 2.15 bits per heavy atom. The molecule has 4 aromatic rings. The molecule has 246 valence electrons. The molecule has 47 heavy (non-hydrogen) atoms. The molecule has 1 fully saturated rings. The highest BCUT2D eigenvalue weighted by Crippen LogP contribution is 2.33. The van der Waals surface area contributed by atoms with Gasteiger partial charge in [0.2, 0.25) is 5.91 Å². The van der Waals surface area contributed by atoms with E-state index in [0.29, 0.717) is 63.7 Å². The average Bonchev–Trinajstić information content (AvgIpc) is 3.05. The van der Waals surface area contributed by atoms with E-state index in [1.807, 2.05) is 59.5 Å². The van der Waals surface area contributed by atoms with Gasteiger partial charge in [-0.1, -0.05) is 69.3 Å². The van der Waals surface area contributed by atoms with E-state index in [9.17, 15) is 14.0 Å². The van der Waals surface area contributed by atoms with Crippen molar-refractivity contribution in [1.82, 2.24) is 4.90 Å². The topological polar surface area (TPSA) is 99.9 Å². The number of rotatable bonds is 10. The summed E-state index contributed by atoms with van der Waals surface area (Å²) in [4.78, 5) is 30.8. The van der Waals surface area contributed by atoms with E-state index in [1.54, 1.807) is 0 Å². The summed E-state index contributed by atoms with van der Waals surface area (Å²) >= 11 is 0. The maximum absolute atomic E-state index is 13.6. The fourth-order valence-electron chi connectivity index (χ4n) is 5.66. The number of nitrogens with zero attached hydrogens (tertiary/aromatic N) is 2. The molecule has 0 radical (unpaired) electrons. The number of urea groups is 1. The molecular weight excluding hydrogens is 593 g/mol. The lowest BCUT2D eigenvalue weighted by Crippen LogP contribution is -2.37. The molecule has 0 spiro atoms. The molecule has 0 aliphatic carbocycles. The smallest absolute Gasteiger partial charge is 0.323 e. The van der Waals surface area contributed by atoms with E-state index < -0.39 is 6.03 Å². The van der Waals surface area contributed by atoms with Crippen LogP contribution in [0.25, 0.3) is 11.1 Å². The van der Waals surface area contributed by atoms with E-state index in [0.717, 1.165) is 33.5 Å². The van der Waals surface area contributed by atoms with Gasteiger partial charge in [-0.3, -0.25) is 4.79 Å². The summed E-state index contributed by atoms with van der Waals surface area (Å²) in [5, 5.41) is 5.80. The quantitative estimate of drug-likeness (QED) is 0.168. The highest BCUT2D eigenvalue weighted by Gasteiger charge is 2.22. The van der Waals surface area contributed by atoms with Gasteiger partial charge in [-0.2, -0.15) is 0 Å². The van der Waals surface area contributed by atoms with E-state index in [2.05, 4.69) is 48.4 Å². The zero-order valence-corrected chi connectivity index (χ0v) is 27.4. The van der Waals surface area contributed by atoms with Crippen LogP contribution in [-0.4, -0.2) is 43.1 Å². The monoisotopic (exact) mass is 637 g/mol. The molecule has 0 saturated carbocycles. The molecule has 0 atom stereocenters. The Bertz CT molecular complexity index is 1680. The van der Waals surface area contributed by atoms with Crippen molar-refractivity contribution in [2.45, 2.75) is 46.8 Å². The van der Waals surface area contributed by atoms with Crippen molar-refractivity contribution in [3.8, 4) is 11.1 Å². The fraction of sp³-hybridized carbons (Fsp3) is 0.316. The number of nitrogens with two attached hydrogens (primary N) is 1. The first-order valence-corrected chi connectivity index (χ1v) is 16.0. The molecule has 1 aliphatic rings. The second kappa shape index (κ2) is 15.2. The summed E-state index contributed by atoms with van der Waals surface area (Å²) in [6.07, 6.45) is 0.432. The predicted molar refractivity (Wildman–Crippen MR) is 187 cm³/mol. The lowest BCUT2D eigenvalue weighted by Gasteiger charge is -2.31. The number of morpholine rings is 1. The maximum Gasteiger partial charge on any atom is 0.323 e. The number of halogens is 1. The highest BCUT2D eigenvalue weighted by molar-refractivity contribution is 6.02. The number of hydrogen-bond acceptors (Lipinski definition) is 5. The highest BCUT2D eigenvalue weighted by atomic mass is 19.1. The van der Waals surface area contributed by atoms with Gasteiger partial charge in [0.1, 0.15) is 5.82 Å². The van der Waals surface area contributed by atoms with Crippen LogP contribution in [0.1, 0.15) is 43.9 Å². The number of benzene rings is 4. The molecule has 1 aliphatic heterocycles. The van der Waals surface area contributed by atoms with Gasteiger partial charge in [0.05, 0.1) is 24.6 Å². The van der Waals surface area contributed by atoms with Crippen LogP contribution in [0.2, 0.25) is 0 Å². The Balaban J connectivity index is 1.41. The number of amides is 3. The van der Waals surface area contributed by atoms with Crippen LogP contribution in [0.15, 0.2) is 91.0 Å². The first-order valence-electron chi connectivity index (χ1n) is 16.0. The van der Waals surface area contributed by atoms with Gasteiger partial charge < -0.3 is 30.9 Å². The van der Waals surface area contributed by atoms with Gasteiger partial charge >= 0.3 is 6.03 Å². The molecule has 5 rings (SSSR count). The normalized spacial score (nSPS) is 13.3. The van der Waals surface area contributed by atoms with Crippen LogP contribution in [-0.2, 0) is 29.2 Å². The molecule has 9 heteroatoms. The van der Waals surface area contributed by atoms with E-state index in [1.165, 1.54) is 24.3 Å². The minimum Gasteiger partial charge on any atom is -0.378 e. The average molecular weight is 638 g/mol. The summed E-state index contributed by atoms with van der Waals surface area (Å²) in [5.41, 5.74) is 12.7. The van der Waals surface area contributed by atoms with Crippen molar-refractivity contribution in [2.24, 2.45) is 11.1 Å². The summed E-state index contributed by atoms with van der Waals surface area (Å²) in [6, 6.07) is 27.5. The van der Waals surface area contributed by atoms with Crippen molar-refractivity contribution in [2.75, 3.05) is 41.8 Å². The molecule has 3 amide bonds. The number of nitrogens with one attached hydrogen (secondary N) is 2. The summed E-state index contributed by atoms with van der Waals surface area (Å²) in [5.74, 6) is -0.280. The summed E-state index contributed by atoms with van der Waals surface area (Å²) in [6.45, 7) is 10.2. The van der Waals surface area contributed by atoms with Crippen LogP contribution < -0.4 is 21.3 Å². The van der Waals surface area contributed by atoms with Crippen LogP contribution >= 0.6 is 0 Å². The van der Waals surface area contributed by atoms with E-state index in [4.69, 9.17) is 10.5 Å². The Labute approximate surface area is 276 Å². The van der Waals surface area contributed by atoms with E-state index >= 15 is 0 Å². The van der Waals surface area contributed by atoms with Crippen LogP contribution in [0.5, 0.6) is 0 Å². The molecule has 1 saturated heterocycles. The van der Waals surface area contributed by atoms with Crippen molar-refractivity contribution in [3.63, 3.8) is 0 Å². The molecule has 8 nitrogen and oxygen atoms in total. The summed E-state index contributed by atoms with van der Waals surface area (Å²) < 4.78 is 19.0. The zero-order valence-electron chi connectivity index (χ0n) is 27.4. The third-order valence-electron chi connectivity index (χ3n) is 7.97. The van der Waals surface area contributed by atoms with Crippen molar-refractivity contribution < 1.29 is 18.7 Å². The lowest BCUT2D eigenvalue weighted by atomic mass is 9.91. The van der Waals surface area contributed by atoms with Gasteiger partial charge in [-0.05, 0) is 75.7 Å². The molecular formula is C38H44FN5O3. The third-order valence-corrected chi connectivity index (χ3v) is 7.97. The molecule has 1 heterocycles. The zero-order chi connectivity index (χ0) is 33.4. The number of carbonyl (C=O) groups is 2. The van der Waals surface area contributed by atoms with Crippen LogP contribution in [0.3, 0.4) is 0 Å². The van der Waals surface area contributed by atoms with Crippen molar-refractivity contribution in [1.29, 1.82) is 0 Å². The minimum atomic E-state index is -0.427. The second-order valence-electron chi connectivity index (χ2n) is 13.1. The predicted octanol–water partition coefficient (Wildman–Crippen LogP) is 7.40. The lowest BCUT2D eigenvalue weighted by molar-refractivity contribution is -0.134. The SMILES string of the molecule is CC(C)(C)CC(=O)N(Cc1cccc(CN)c1)Cc1cccc(-c2ccc(N3CCOCC3)c(NC(=O)Nc3ccc(F)cc3)c2)c1. The second-order valence-corrected chi connectivity index (χ2v) is 13.1. The van der Waals surface area contributed by atoms with Crippen LogP contribution in [0, 0.1) is 11.2 Å². The van der Waals surface area contributed by atoms with Crippen molar-refractivity contribution in [3.05, 3.63) is 114 Å². The van der Waals surface area contributed by atoms with Gasteiger partial charge in [0, 0.05) is 44.8 Å². The largest absolute Gasteiger partial charge is 0.378 e. The van der Waals surface area contributed by atoms with Gasteiger partial charge in [0.25, 0.3) is 0 Å². The molecule has 4 aromatic carbocycles. The minimum absolute atomic E-state index is 0.0922. The molecule has 0 aromatic heterocycles. The standard InChI is InChI=1S/C38H44FN5O3/c1-38(2,3)23-36(45)44(25-28-7-4-6-27(20-28)24-40)26-29-8-5-9-30(21-29)31-10-15-35(43-16-18-47-19-17-43)34(22-31)42-37(46)41-33-13-11-32(39)12-14-33/h4-15,20-22H,16-19,23-26,40H2,1-3H3,(H2,41,42,46).